The van der Waals surface area contributed by atoms with Crippen molar-refractivity contribution >= 4 is 44.9 Å². The molecule has 0 atom stereocenters. The van der Waals surface area contributed by atoms with Crippen LogP contribution in [0.5, 0.6) is 5.75 Å². The van der Waals surface area contributed by atoms with Crippen molar-refractivity contribution in [2.24, 2.45) is 0 Å². The van der Waals surface area contributed by atoms with Crippen LogP contribution < -0.4 is 10.1 Å². The van der Waals surface area contributed by atoms with Gasteiger partial charge in [0.2, 0.25) is 5.91 Å². The first kappa shape index (κ1) is 25.9. The number of nitrogens with zero attached hydrogens (tertiary/aromatic N) is 4. The normalized spacial score (nSPS) is 11.2. The van der Waals surface area contributed by atoms with Crippen LogP contribution in [0.25, 0.3) is 20.8 Å². The quantitative estimate of drug-likeness (QED) is 0.206. The molecule has 1 N–H and O–H groups in total. The Hall–Kier alpha value is -3.69. The topological polar surface area (TPSA) is 81.9 Å². The molecule has 0 saturated carbocycles. The Kier molecular flexibility index (Phi) is 7.76. The van der Waals surface area contributed by atoms with E-state index < -0.39 is 0 Å². The van der Waals surface area contributed by atoms with Crippen LogP contribution in [-0.2, 0) is 17.9 Å². The van der Waals surface area contributed by atoms with Crippen LogP contribution in [0.1, 0.15) is 29.4 Å². The van der Waals surface area contributed by atoms with E-state index in [-0.39, 0.29) is 11.7 Å². The largest absolute Gasteiger partial charge is 0.486 e. The molecule has 0 aliphatic heterocycles. The summed E-state index contributed by atoms with van der Waals surface area (Å²) < 4.78 is 9.12. The minimum Gasteiger partial charge on any atom is -0.486 e. The second kappa shape index (κ2) is 11.4. The number of thioether (sulfide) groups is 1. The van der Waals surface area contributed by atoms with E-state index in [4.69, 9.17) is 9.72 Å². The van der Waals surface area contributed by atoms with Crippen molar-refractivity contribution in [1.82, 2.24) is 19.7 Å². The van der Waals surface area contributed by atoms with E-state index in [1.807, 2.05) is 61.7 Å². The molecular formula is C29H29N5O2S2. The molecule has 38 heavy (non-hydrogen) atoms. The molecule has 9 heteroatoms. The van der Waals surface area contributed by atoms with Gasteiger partial charge in [0.25, 0.3) is 0 Å². The summed E-state index contributed by atoms with van der Waals surface area (Å²) in [5, 5.41) is 13.2. The molecule has 5 aromatic rings. The smallest absolute Gasteiger partial charge is 0.234 e. The van der Waals surface area contributed by atoms with Gasteiger partial charge < -0.3 is 14.6 Å². The summed E-state index contributed by atoms with van der Waals surface area (Å²) in [6.07, 6.45) is 0. The summed E-state index contributed by atoms with van der Waals surface area (Å²) >= 11 is 3.04. The zero-order valence-electron chi connectivity index (χ0n) is 21.8. The molecule has 5 rings (SSSR count). The fraction of sp³-hybridized carbons (Fsp3) is 0.241. The van der Waals surface area contributed by atoms with E-state index in [1.165, 1.54) is 22.0 Å². The van der Waals surface area contributed by atoms with Crippen LogP contribution in [0, 0.1) is 20.8 Å². The summed E-state index contributed by atoms with van der Waals surface area (Å²) in [5.74, 6) is 1.67. The van der Waals surface area contributed by atoms with E-state index in [0.29, 0.717) is 18.3 Å². The molecule has 0 aliphatic carbocycles. The van der Waals surface area contributed by atoms with Crippen molar-refractivity contribution in [3.05, 3.63) is 83.2 Å². The first-order chi connectivity index (χ1) is 18.4. The fourth-order valence-electron chi connectivity index (χ4n) is 4.19. The number of rotatable bonds is 9. The lowest BCUT2D eigenvalue weighted by molar-refractivity contribution is -0.113. The number of benzene rings is 3. The van der Waals surface area contributed by atoms with Gasteiger partial charge in [0.05, 0.1) is 16.0 Å². The highest BCUT2D eigenvalue weighted by molar-refractivity contribution is 7.99. The van der Waals surface area contributed by atoms with E-state index in [0.717, 1.165) is 44.5 Å². The molecule has 0 saturated heterocycles. The van der Waals surface area contributed by atoms with Gasteiger partial charge in [-0.25, -0.2) is 4.98 Å². The Morgan fingerprint density at radius 1 is 0.974 bits per heavy atom. The Balaban J connectivity index is 1.17. The minimum absolute atomic E-state index is 0.100. The summed E-state index contributed by atoms with van der Waals surface area (Å²) in [6.45, 7) is 9.22. The summed E-state index contributed by atoms with van der Waals surface area (Å²) in [4.78, 5) is 17.4. The van der Waals surface area contributed by atoms with Gasteiger partial charge in [-0.05, 0) is 92.9 Å². The number of nitrogens with one attached hydrogen (secondary N) is 1. The number of ether oxygens (including phenoxy) is 1. The minimum atomic E-state index is -0.100. The van der Waals surface area contributed by atoms with Crippen molar-refractivity contribution < 1.29 is 9.53 Å². The molecule has 194 valence electrons. The van der Waals surface area contributed by atoms with Gasteiger partial charge in [-0.1, -0.05) is 23.9 Å². The van der Waals surface area contributed by atoms with Gasteiger partial charge in [-0.15, -0.1) is 21.5 Å². The molecule has 2 aromatic heterocycles. The Bertz CT molecular complexity index is 1570. The number of amides is 1. The van der Waals surface area contributed by atoms with Crippen LogP contribution in [0.2, 0.25) is 0 Å². The number of carbonyl (C=O) groups excluding carboxylic acids is 1. The maximum atomic E-state index is 12.6. The van der Waals surface area contributed by atoms with Crippen LogP contribution in [-0.4, -0.2) is 31.4 Å². The van der Waals surface area contributed by atoms with E-state index >= 15 is 0 Å². The van der Waals surface area contributed by atoms with Crippen LogP contribution in [0.15, 0.2) is 65.8 Å². The molecular weight excluding hydrogens is 514 g/mol. The predicted molar refractivity (Wildman–Crippen MR) is 155 cm³/mol. The van der Waals surface area contributed by atoms with Crippen molar-refractivity contribution in [3.8, 4) is 16.3 Å². The van der Waals surface area contributed by atoms with Gasteiger partial charge in [0, 0.05) is 17.8 Å². The second-order valence-corrected chi connectivity index (χ2v) is 11.1. The van der Waals surface area contributed by atoms with Crippen molar-refractivity contribution in [2.75, 3.05) is 11.1 Å². The lowest BCUT2D eigenvalue weighted by Gasteiger charge is -2.10. The monoisotopic (exact) mass is 543 g/mol. The molecule has 7 nitrogen and oxygen atoms in total. The standard InChI is InChI=1S/C29H29N5O2S2/c1-5-34-26(16-36-23-13-19(3)12-20(4)14-23)32-33-29(34)37-17-27(35)30-22-9-7-21(8-10-22)28-31-24-11-6-18(2)15-25(24)38-28/h6-15H,5,16-17H2,1-4H3,(H,30,35). The van der Waals surface area contributed by atoms with Gasteiger partial charge in [-0.2, -0.15) is 0 Å². The number of anilines is 1. The second-order valence-electron chi connectivity index (χ2n) is 9.16. The highest BCUT2D eigenvalue weighted by Gasteiger charge is 2.14. The molecule has 1 amide bonds. The predicted octanol–water partition coefficient (Wildman–Crippen LogP) is 6.81. The third-order valence-electron chi connectivity index (χ3n) is 5.96. The van der Waals surface area contributed by atoms with Crippen LogP contribution in [0.3, 0.4) is 0 Å². The number of aromatic nitrogens is 4. The van der Waals surface area contributed by atoms with Crippen molar-refractivity contribution in [2.45, 2.75) is 46.0 Å². The molecule has 0 bridgehead atoms. The molecule has 0 aliphatic rings. The Morgan fingerprint density at radius 3 is 2.47 bits per heavy atom. The lowest BCUT2D eigenvalue weighted by atomic mass is 10.1. The van der Waals surface area contributed by atoms with Crippen LogP contribution in [0.4, 0.5) is 5.69 Å². The number of fused-ring (bicyclic) bond motifs is 1. The zero-order valence-corrected chi connectivity index (χ0v) is 23.4. The average Bonchev–Trinajstić information content (AvgIpc) is 3.49. The number of carbonyl (C=O) groups is 1. The van der Waals surface area contributed by atoms with Gasteiger partial charge >= 0.3 is 0 Å². The SMILES string of the molecule is CCn1c(COc2cc(C)cc(C)c2)nnc1SCC(=O)Nc1ccc(-c2nc3ccc(C)cc3s2)cc1. The molecule has 0 fully saturated rings. The maximum Gasteiger partial charge on any atom is 0.234 e. The maximum absolute atomic E-state index is 12.6. The van der Waals surface area contributed by atoms with Gasteiger partial charge in [0.15, 0.2) is 11.0 Å². The highest BCUT2D eigenvalue weighted by Crippen LogP contribution is 2.31. The van der Waals surface area contributed by atoms with E-state index in [9.17, 15) is 4.79 Å². The van der Waals surface area contributed by atoms with E-state index in [1.54, 1.807) is 11.3 Å². The highest BCUT2D eigenvalue weighted by atomic mass is 32.2. The summed E-state index contributed by atoms with van der Waals surface area (Å²) in [5.41, 5.74) is 6.31. The number of hydrogen-bond acceptors (Lipinski definition) is 7. The van der Waals surface area contributed by atoms with E-state index in [2.05, 4.69) is 46.7 Å². The van der Waals surface area contributed by atoms with Crippen molar-refractivity contribution in [1.29, 1.82) is 0 Å². The Labute approximate surface area is 230 Å². The van der Waals surface area contributed by atoms with Crippen molar-refractivity contribution in [3.63, 3.8) is 0 Å². The fourth-order valence-corrected chi connectivity index (χ4v) is 6.08. The number of thiazole rings is 1. The number of hydrogen-bond donors (Lipinski definition) is 1. The Morgan fingerprint density at radius 2 is 1.74 bits per heavy atom. The average molecular weight is 544 g/mol. The zero-order chi connectivity index (χ0) is 26.6. The number of aryl methyl sites for hydroxylation is 3. The summed E-state index contributed by atoms with van der Waals surface area (Å²) in [7, 11) is 0. The first-order valence-corrected chi connectivity index (χ1v) is 14.2. The molecule has 0 radical (unpaired) electrons. The third-order valence-corrected chi connectivity index (χ3v) is 8.00. The van der Waals surface area contributed by atoms with Gasteiger partial charge in [0.1, 0.15) is 17.4 Å². The lowest BCUT2D eigenvalue weighted by Crippen LogP contribution is -2.15. The molecule has 0 unspecified atom stereocenters. The molecule has 2 heterocycles. The van der Waals surface area contributed by atoms with Crippen LogP contribution >= 0.6 is 23.1 Å². The summed E-state index contributed by atoms with van der Waals surface area (Å²) in [6, 6.07) is 20.2. The third kappa shape index (κ3) is 6.06. The first-order valence-electron chi connectivity index (χ1n) is 12.4. The molecule has 3 aromatic carbocycles. The van der Waals surface area contributed by atoms with Gasteiger partial charge in [-0.3, -0.25) is 4.79 Å². The molecule has 0 spiro atoms.